The highest BCUT2D eigenvalue weighted by Crippen LogP contribution is 2.43. The van der Waals surface area contributed by atoms with Crippen molar-refractivity contribution in [3.05, 3.63) is 26.4 Å². The van der Waals surface area contributed by atoms with Gasteiger partial charge in [0.2, 0.25) is 0 Å². The fourth-order valence-corrected chi connectivity index (χ4v) is 4.22. The summed E-state index contributed by atoms with van der Waals surface area (Å²) in [6, 6.07) is 0. The van der Waals surface area contributed by atoms with Crippen molar-refractivity contribution in [1.82, 2.24) is 4.98 Å². The van der Waals surface area contributed by atoms with E-state index in [-0.39, 0.29) is 28.2 Å². The van der Waals surface area contributed by atoms with E-state index < -0.39 is 5.56 Å². The average molecular weight is 304 g/mol. The van der Waals surface area contributed by atoms with Gasteiger partial charge in [-0.3, -0.25) is 14.4 Å². The van der Waals surface area contributed by atoms with Crippen LogP contribution in [0.4, 0.5) is 5.69 Å². The molecule has 6 heteroatoms. The second kappa shape index (κ2) is 4.27. The van der Waals surface area contributed by atoms with Gasteiger partial charge in [0.25, 0.3) is 5.56 Å². The third kappa shape index (κ3) is 2.01. The molecule has 110 valence electrons. The molecule has 0 spiro atoms. The minimum Gasteiger partial charge on any atom is -0.397 e. The zero-order valence-electron chi connectivity index (χ0n) is 12.1. The van der Waals surface area contributed by atoms with E-state index in [1.165, 1.54) is 18.3 Å². The maximum atomic E-state index is 12.3. The topological polar surface area (TPSA) is 93.0 Å². The number of nitrogen functional groups attached to an aromatic ring is 1. The Kier molecular flexibility index (Phi) is 2.85. The predicted octanol–water partition coefficient (Wildman–Crippen LogP) is 2.53. The van der Waals surface area contributed by atoms with E-state index in [4.69, 9.17) is 5.73 Å². The van der Waals surface area contributed by atoms with Crippen molar-refractivity contribution >= 4 is 38.8 Å². The molecule has 0 aromatic carbocycles. The Morgan fingerprint density at radius 1 is 1.29 bits per heavy atom. The maximum Gasteiger partial charge on any atom is 0.262 e. The monoisotopic (exact) mass is 304 g/mol. The summed E-state index contributed by atoms with van der Waals surface area (Å²) in [5.41, 5.74) is 6.50. The van der Waals surface area contributed by atoms with Crippen molar-refractivity contribution in [3.63, 3.8) is 0 Å². The lowest BCUT2D eigenvalue weighted by molar-refractivity contribution is 0.0917. The smallest absolute Gasteiger partial charge is 0.262 e. The first kappa shape index (κ1) is 14.0. The van der Waals surface area contributed by atoms with Crippen LogP contribution in [-0.2, 0) is 6.42 Å². The van der Waals surface area contributed by atoms with E-state index in [1.807, 2.05) is 13.8 Å². The molecule has 0 saturated heterocycles. The van der Waals surface area contributed by atoms with Gasteiger partial charge in [-0.2, -0.15) is 0 Å². The summed E-state index contributed by atoms with van der Waals surface area (Å²) in [7, 11) is 0. The highest BCUT2D eigenvalue weighted by molar-refractivity contribution is 7.20. The van der Waals surface area contributed by atoms with Crippen molar-refractivity contribution < 1.29 is 9.59 Å². The number of aromatic amines is 1. The highest BCUT2D eigenvalue weighted by Gasteiger charge is 2.35. The van der Waals surface area contributed by atoms with Gasteiger partial charge < -0.3 is 10.7 Å². The molecule has 0 aliphatic heterocycles. The fraction of sp³-hybridized carbons (Fsp3) is 0.400. The minimum absolute atomic E-state index is 0.0149. The lowest BCUT2D eigenvalue weighted by atomic mass is 9.75. The summed E-state index contributed by atoms with van der Waals surface area (Å²) in [5, 5.41) is 0.668. The molecular formula is C15H16N2O3S. The van der Waals surface area contributed by atoms with Gasteiger partial charge in [0.05, 0.1) is 10.6 Å². The third-order valence-electron chi connectivity index (χ3n) is 3.90. The lowest BCUT2D eigenvalue weighted by Crippen LogP contribution is -2.26. The van der Waals surface area contributed by atoms with E-state index in [1.54, 1.807) is 0 Å². The number of carbonyl (C=O) groups is 2. The van der Waals surface area contributed by atoms with Gasteiger partial charge in [-0.05, 0) is 24.3 Å². The highest BCUT2D eigenvalue weighted by atomic mass is 32.1. The molecule has 0 radical (unpaired) electrons. The Balaban J connectivity index is 2.42. The Bertz CT molecular complexity index is 858. The molecule has 3 rings (SSSR count). The number of anilines is 1. The van der Waals surface area contributed by atoms with E-state index in [0.29, 0.717) is 27.9 Å². The summed E-state index contributed by atoms with van der Waals surface area (Å²) in [6.45, 7) is 5.39. The fourth-order valence-electron chi connectivity index (χ4n) is 3.05. The quantitative estimate of drug-likeness (QED) is 0.792. The number of pyridine rings is 1. The van der Waals surface area contributed by atoms with Gasteiger partial charge in [0, 0.05) is 11.8 Å². The molecule has 1 aliphatic rings. The summed E-state index contributed by atoms with van der Waals surface area (Å²) in [6.07, 6.45) is 1.19. The van der Waals surface area contributed by atoms with Gasteiger partial charge >= 0.3 is 0 Å². The van der Waals surface area contributed by atoms with Gasteiger partial charge in [-0.15, -0.1) is 11.3 Å². The van der Waals surface area contributed by atoms with E-state index in [0.717, 1.165) is 5.56 Å². The van der Waals surface area contributed by atoms with Gasteiger partial charge in [-0.1, -0.05) is 13.8 Å². The first-order valence-electron chi connectivity index (χ1n) is 6.72. The summed E-state index contributed by atoms with van der Waals surface area (Å²) >= 11 is 1.26. The largest absolute Gasteiger partial charge is 0.397 e. The number of rotatable bonds is 1. The van der Waals surface area contributed by atoms with Crippen molar-refractivity contribution in [1.29, 1.82) is 0 Å². The van der Waals surface area contributed by atoms with E-state index in [9.17, 15) is 14.4 Å². The first-order chi connectivity index (χ1) is 9.71. The molecule has 0 saturated carbocycles. The molecule has 0 bridgehead atoms. The van der Waals surface area contributed by atoms with Crippen LogP contribution in [0, 0.1) is 5.41 Å². The van der Waals surface area contributed by atoms with Crippen LogP contribution in [0.1, 0.15) is 52.8 Å². The summed E-state index contributed by atoms with van der Waals surface area (Å²) in [4.78, 5) is 39.9. The van der Waals surface area contributed by atoms with Crippen LogP contribution in [0.3, 0.4) is 0 Å². The third-order valence-corrected chi connectivity index (χ3v) is 5.09. The lowest BCUT2D eigenvalue weighted by Gasteiger charge is -2.28. The zero-order chi connectivity index (χ0) is 15.5. The second-order valence-electron chi connectivity index (χ2n) is 6.35. The molecule has 2 aromatic rings. The number of nitrogens with two attached hydrogens (primary N) is 1. The number of thiophene rings is 1. The normalized spacial score (nSPS) is 17.0. The number of aromatic nitrogens is 1. The standard InChI is InChI=1S/C15H16N2O3S/c1-6(18)9-11(16)10-7-4-15(2,3)5-8(19)12(7)21-14(10)17-13(9)20/h4-5H2,1-3H3,(H3,16,17,20). The number of hydrogen-bond donors (Lipinski definition) is 2. The van der Waals surface area contributed by atoms with E-state index in [2.05, 4.69) is 4.98 Å². The van der Waals surface area contributed by atoms with Gasteiger partial charge in [0.1, 0.15) is 10.4 Å². The molecular weight excluding hydrogens is 288 g/mol. The average Bonchev–Trinajstić information content (AvgIpc) is 2.65. The van der Waals surface area contributed by atoms with Crippen LogP contribution < -0.4 is 11.3 Å². The van der Waals surface area contributed by atoms with Crippen LogP contribution in [0.15, 0.2) is 4.79 Å². The number of hydrogen-bond acceptors (Lipinski definition) is 5. The Hall–Kier alpha value is -1.95. The molecule has 0 amide bonds. The van der Waals surface area contributed by atoms with Crippen LogP contribution in [0.2, 0.25) is 0 Å². The number of nitrogens with one attached hydrogen (secondary N) is 1. The van der Waals surface area contributed by atoms with Crippen LogP contribution >= 0.6 is 11.3 Å². The second-order valence-corrected chi connectivity index (χ2v) is 7.37. The van der Waals surface area contributed by atoms with Crippen molar-refractivity contribution in [2.75, 3.05) is 5.73 Å². The first-order valence-corrected chi connectivity index (χ1v) is 7.54. The van der Waals surface area contributed by atoms with Crippen molar-refractivity contribution in [2.24, 2.45) is 5.41 Å². The Morgan fingerprint density at radius 2 is 1.95 bits per heavy atom. The maximum absolute atomic E-state index is 12.3. The number of Topliss-reactive ketones (excluding diaryl/α,β-unsaturated/α-hetero) is 2. The SMILES string of the molecule is CC(=O)c1c(N)c2c3c(sc2[nH]c1=O)C(=O)CC(C)(C)C3. The number of fused-ring (bicyclic) bond motifs is 3. The van der Waals surface area contributed by atoms with E-state index >= 15 is 0 Å². The van der Waals surface area contributed by atoms with Crippen LogP contribution in [-0.4, -0.2) is 16.6 Å². The van der Waals surface area contributed by atoms with Crippen molar-refractivity contribution in [3.8, 4) is 0 Å². The number of ketones is 2. The molecule has 5 nitrogen and oxygen atoms in total. The molecule has 2 heterocycles. The van der Waals surface area contributed by atoms with Crippen LogP contribution in [0.5, 0.6) is 0 Å². The number of H-pyrrole nitrogens is 1. The molecule has 0 unspecified atom stereocenters. The molecule has 1 aliphatic carbocycles. The zero-order valence-corrected chi connectivity index (χ0v) is 12.9. The Morgan fingerprint density at radius 3 is 2.57 bits per heavy atom. The minimum atomic E-state index is -0.488. The molecule has 21 heavy (non-hydrogen) atoms. The molecule has 3 N–H and O–H groups in total. The molecule has 2 aromatic heterocycles. The molecule has 0 atom stereocenters. The predicted molar refractivity (Wildman–Crippen MR) is 83.3 cm³/mol. The Labute approximate surface area is 125 Å². The molecule has 0 fully saturated rings. The van der Waals surface area contributed by atoms with Crippen LogP contribution in [0.25, 0.3) is 10.2 Å². The number of carbonyl (C=O) groups excluding carboxylic acids is 2. The van der Waals surface area contributed by atoms with Gasteiger partial charge in [0.15, 0.2) is 11.6 Å². The summed E-state index contributed by atoms with van der Waals surface area (Å²) < 4.78 is 0. The van der Waals surface area contributed by atoms with Gasteiger partial charge in [-0.25, -0.2) is 0 Å². The summed E-state index contributed by atoms with van der Waals surface area (Å²) in [5.74, 6) is -0.288. The van der Waals surface area contributed by atoms with Crippen molar-refractivity contribution in [2.45, 2.75) is 33.6 Å².